The van der Waals surface area contributed by atoms with Crippen molar-refractivity contribution in [1.82, 2.24) is 5.32 Å². The molecule has 3 atom stereocenters. The molecule has 0 aromatic carbocycles. The smallest absolute Gasteiger partial charge is 0.412 e. The number of halogens is 3. The van der Waals surface area contributed by atoms with Crippen molar-refractivity contribution in [1.29, 1.82) is 0 Å². The number of amides is 1. The fourth-order valence-corrected chi connectivity index (χ4v) is 4.42. The summed E-state index contributed by atoms with van der Waals surface area (Å²) < 4.78 is 49.7. The average Bonchev–Trinajstić information content (AvgIpc) is 2.87. The average molecular weight is 559 g/mol. The molecule has 1 fully saturated rings. The normalized spacial score (nSPS) is 20.7. The third kappa shape index (κ3) is 12.4. The van der Waals surface area contributed by atoms with Gasteiger partial charge in [-0.15, -0.1) is 0 Å². The zero-order chi connectivity index (χ0) is 29.6. The number of alkyl halides is 3. The second kappa shape index (κ2) is 17.2. The highest BCUT2D eigenvalue weighted by Crippen LogP contribution is 2.30. The Kier molecular flexibility index (Phi) is 15.1. The molecule has 1 saturated carbocycles. The Morgan fingerprint density at radius 3 is 2.38 bits per heavy atom. The molecular weight excluding hydrogens is 513 g/mol. The molecule has 2 N–H and O–H groups in total. The first-order valence-electron chi connectivity index (χ1n) is 13.7. The minimum absolute atomic E-state index is 0.112. The zero-order valence-corrected chi connectivity index (χ0v) is 24.1. The molecule has 0 aliphatic heterocycles. The minimum Gasteiger partial charge on any atom is -0.481 e. The lowest BCUT2D eigenvalue weighted by Crippen LogP contribution is -2.47. The maximum atomic E-state index is 12.8. The van der Waals surface area contributed by atoms with Gasteiger partial charge in [-0.25, -0.2) is 9.79 Å². The van der Waals surface area contributed by atoms with E-state index in [1.54, 1.807) is 19.9 Å². The molecule has 0 radical (unpaired) electrons. The highest BCUT2D eigenvalue weighted by molar-refractivity contribution is 5.94. The summed E-state index contributed by atoms with van der Waals surface area (Å²) in [5, 5.41) is 12.1. The van der Waals surface area contributed by atoms with Gasteiger partial charge in [-0.3, -0.25) is 4.79 Å². The Balaban J connectivity index is 2.80. The SMILES string of the molecule is CC/C=C(COCC1CCCC(C(=O)N[C@H](C(=O)O)C(C)C)C1)/N=C(OC)/C(=C/C/C=C(\C)C(F)(F)F)CC. The number of hydrogen-bond donors (Lipinski definition) is 2. The Hall–Kier alpha value is -2.62. The Bertz CT molecular complexity index is 922. The van der Waals surface area contributed by atoms with Crippen LogP contribution in [0, 0.1) is 17.8 Å². The number of carboxylic acid groups (broad SMARTS) is 1. The molecule has 1 amide bonds. The predicted octanol–water partition coefficient (Wildman–Crippen LogP) is 6.61. The number of hydrogen-bond acceptors (Lipinski definition) is 5. The van der Waals surface area contributed by atoms with Gasteiger partial charge in [-0.05, 0) is 57.3 Å². The Morgan fingerprint density at radius 2 is 1.85 bits per heavy atom. The number of ether oxygens (including phenoxy) is 2. The molecule has 2 unspecified atom stereocenters. The van der Waals surface area contributed by atoms with Crippen molar-refractivity contribution in [2.75, 3.05) is 20.3 Å². The maximum absolute atomic E-state index is 12.8. The summed E-state index contributed by atoms with van der Waals surface area (Å²) >= 11 is 0. The third-order valence-electron chi connectivity index (χ3n) is 6.76. The molecule has 1 aliphatic carbocycles. The molecule has 0 heterocycles. The van der Waals surface area contributed by atoms with Crippen LogP contribution in [-0.4, -0.2) is 55.4 Å². The number of nitrogens with one attached hydrogen (secondary N) is 1. The summed E-state index contributed by atoms with van der Waals surface area (Å²) in [6.07, 6.45) is 4.88. The zero-order valence-electron chi connectivity index (χ0n) is 24.1. The van der Waals surface area contributed by atoms with Crippen molar-refractivity contribution in [2.24, 2.45) is 22.7 Å². The number of methoxy groups -OCH3 is 1. The van der Waals surface area contributed by atoms with Crippen LogP contribution in [-0.2, 0) is 19.1 Å². The summed E-state index contributed by atoms with van der Waals surface area (Å²) in [5.41, 5.74) is 0.712. The van der Waals surface area contributed by atoms with Gasteiger partial charge in [0.2, 0.25) is 11.8 Å². The Labute approximate surface area is 230 Å². The van der Waals surface area contributed by atoms with Crippen LogP contribution >= 0.6 is 0 Å². The molecule has 1 aliphatic rings. The van der Waals surface area contributed by atoms with E-state index in [0.717, 1.165) is 32.3 Å². The van der Waals surface area contributed by atoms with E-state index in [0.29, 0.717) is 43.0 Å². The highest BCUT2D eigenvalue weighted by atomic mass is 19.4. The fraction of sp³-hybridized carbons (Fsp3) is 0.690. The first-order valence-corrected chi connectivity index (χ1v) is 13.7. The molecule has 0 aromatic heterocycles. The van der Waals surface area contributed by atoms with Crippen LogP contribution in [0.25, 0.3) is 0 Å². The van der Waals surface area contributed by atoms with Crippen molar-refractivity contribution < 1.29 is 37.3 Å². The summed E-state index contributed by atoms with van der Waals surface area (Å²) in [4.78, 5) is 28.8. The summed E-state index contributed by atoms with van der Waals surface area (Å²) in [5.74, 6) is -1.20. The number of aliphatic carboxylic acids is 1. The van der Waals surface area contributed by atoms with E-state index in [-0.39, 0.29) is 36.7 Å². The van der Waals surface area contributed by atoms with Crippen LogP contribution in [0.2, 0.25) is 0 Å². The molecule has 0 aromatic rings. The summed E-state index contributed by atoms with van der Waals surface area (Å²) in [6.45, 7) is 9.09. The Morgan fingerprint density at radius 1 is 1.15 bits per heavy atom. The van der Waals surface area contributed by atoms with Gasteiger partial charge in [0.05, 0.1) is 19.4 Å². The van der Waals surface area contributed by atoms with Crippen molar-refractivity contribution in [2.45, 2.75) is 91.8 Å². The summed E-state index contributed by atoms with van der Waals surface area (Å²) in [7, 11) is 1.48. The topological polar surface area (TPSA) is 97.2 Å². The number of aliphatic imine (C=N–C) groups is 1. The lowest BCUT2D eigenvalue weighted by molar-refractivity contribution is -0.144. The lowest BCUT2D eigenvalue weighted by Gasteiger charge is -2.29. The lowest BCUT2D eigenvalue weighted by atomic mass is 9.81. The van der Waals surface area contributed by atoms with Crippen molar-refractivity contribution >= 4 is 17.8 Å². The van der Waals surface area contributed by atoms with Crippen LogP contribution < -0.4 is 5.32 Å². The second-order valence-corrected chi connectivity index (χ2v) is 10.2. The minimum atomic E-state index is -4.34. The van der Waals surface area contributed by atoms with Gasteiger partial charge in [0.1, 0.15) is 6.04 Å². The number of carbonyl (C=O) groups is 2. The van der Waals surface area contributed by atoms with Crippen LogP contribution in [0.15, 0.2) is 40.1 Å². The van der Waals surface area contributed by atoms with Crippen molar-refractivity contribution in [3.05, 3.63) is 35.1 Å². The van der Waals surface area contributed by atoms with E-state index in [1.165, 1.54) is 7.11 Å². The second-order valence-electron chi connectivity index (χ2n) is 10.2. The first kappa shape index (κ1) is 34.4. The predicted molar refractivity (Wildman–Crippen MR) is 146 cm³/mol. The van der Waals surface area contributed by atoms with Gasteiger partial charge in [0.25, 0.3) is 0 Å². The number of nitrogens with zero attached hydrogens (tertiary/aromatic N) is 1. The van der Waals surface area contributed by atoms with E-state index in [4.69, 9.17) is 9.47 Å². The third-order valence-corrected chi connectivity index (χ3v) is 6.76. The van der Waals surface area contributed by atoms with E-state index < -0.39 is 23.8 Å². The van der Waals surface area contributed by atoms with Gasteiger partial charge < -0.3 is 19.9 Å². The maximum Gasteiger partial charge on any atom is 0.412 e. The van der Waals surface area contributed by atoms with E-state index >= 15 is 0 Å². The van der Waals surface area contributed by atoms with Gasteiger partial charge in [0.15, 0.2) is 0 Å². The molecule has 10 heteroatoms. The molecule has 39 heavy (non-hydrogen) atoms. The quantitative estimate of drug-likeness (QED) is 0.142. The van der Waals surface area contributed by atoms with Crippen LogP contribution in [0.3, 0.4) is 0 Å². The van der Waals surface area contributed by atoms with E-state index in [9.17, 15) is 27.9 Å². The molecule has 0 bridgehead atoms. The van der Waals surface area contributed by atoms with Crippen molar-refractivity contribution in [3.63, 3.8) is 0 Å². The van der Waals surface area contributed by atoms with Crippen molar-refractivity contribution in [3.8, 4) is 0 Å². The number of carbonyl (C=O) groups excluding carboxylic acids is 1. The largest absolute Gasteiger partial charge is 0.481 e. The molecule has 222 valence electrons. The van der Waals surface area contributed by atoms with Gasteiger partial charge in [0, 0.05) is 23.7 Å². The first-order chi connectivity index (χ1) is 18.3. The molecule has 7 nitrogen and oxygen atoms in total. The van der Waals surface area contributed by atoms with Crippen LogP contribution in [0.1, 0.15) is 79.6 Å². The highest BCUT2D eigenvalue weighted by Gasteiger charge is 2.31. The number of rotatable bonds is 14. The number of allylic oxidation sites excluding steroid dienone is 4. The molecule has 1 rings (SSSR count). The van der Waals surface area contributed by atoms with Gasteiger partial charge in [-0.2, -0.15) is 13.2 Å². The molecule has 0 spiro atoms. The van der Waals surface area contributed by atoms with Gasteiger partial charge >= 0.3 is 12.1 Å². The summed E-state index contributed by atoms with van der Waals surface area (Å²) in [6, 6.07) is -0.907. The fourth-order valence-electron chi connectivity index (χ4n) is 4.42. The standard InChI is InChI=1S/C29H45F3N2O5/c1-7-11-24(33-27(38-6)22(8-2)14-9-12-20(5)29(30,31)32)18-39-17-21-13-10-15-23(16-21)26(35)34-25(19(3)4)28(36)37/h11-12,14,19,21,23,25H,7-10,13,15-18H2,1-6H3,(H,34,35)(H,36,37)/b20-12+,22-14+,24-11+,33-27-/t21?,23?,25-/m0/s1. The van der Waals surface area contributed by atoms with Gasteiger partial charge in [-0.1, -0.05) is 52.3 Å². The van der Waals surface area contributed by atoms with E-state index in [1.807, 2.05) is 19.9 Å². The monoisotopic (exact) mass is 558 g/mol. The van der Waals surface area contributed by atoms with E-state index in [2.05, 4.69) is 10.3 Å². The molecule has 0 saturated heterocycles. The van der Waals surface area contributed by atoms with Crippen LogP contribution in [0.4, 0.5) is 13.2 Å². The molecular formula is C29H45F3N2O5. The number of carboxylic acids is 1. The van der Waals surface area contributed by atoms with Crippen LogP contribution in [0.5, 0.6) is 0 Å².